The van der Waals surface area contributed by atoms with Crippen LogP contribution in [-0.2, 0) is 23.8 Å². The third kappa shape index (κ3) is 5.36. The topological polar surface area (TPSA) is 83.8 Å². The number of carbonyl (C=O) groups excluding carboxylic acids is 3. The fourth-order valence-electron chi connectivity index (χ4n) is 3.76. The summed E-state index contributed by atoms with van der Waals surface area (Å²) >= 11 is 0. The largest absolute Gasteiger partial charge is 0.466 e. The predicted molar refractivity (Wildman–Crippen MR) is 123 cm³/mol. The number of aromatic nitrogens is 1. The lowest BCUT2D eigenvalue weighted by atomic mass is 9.94. The van der Waals surface area contributed by atoms with Crippen LogP contribution in [0.2, 0.25) is 19.6 Å². The van der Waals surface area contributed by atoms with Crippen molar-refractivity contribution in [3.63, 3.8) is 0 Å². The predicted octanol–water partition coefficient (Wildman–Crippen LogP) is 4.18. The molecule has 31 heavy (non-hydrogen) atoms. The molecule has 0 amide bonds. The maximum Gasteiger partial charge on any atom is 0.418 e. The second-order valence-corrected chi connectivity index (χ2v) is 14.7. The molecule has 1 heterocycles. The number of benzene rings is 1. The van der Waals surface area contributed by atoms with Crippen molar-refractivity contribution >= 4 is 42.3 Å². The molecular formula is C23H33NO6Si. The monoisotopic (exact) mass is 447 g/mol. The van der Waals surface area contributed by atoms with Crippen LogP contribution >= 0.6 is 0 Å². The Morgan fingerprint density at radius 2 is 1.65 bits per heavy atom. The zero-order valence-electron chi connectivity index (χ0n) is 19.9. The van der Waals surface area contributed by atoms with E-state index in [1.54, 1.807) is 4.57 Å². The second-order valence-electron chi connectivity index (χ2n) is 9.69. The third-order valence-electron chi connectivity index (χ3n) is 4.84. The van der Waals surface area contributed by atoms with Crippen molar-refractivity contribution in [2.45, 2.75) is 71.9 Å². The minimum absolute atomic E-state index is 0.471. The van der Waals surface area contributed by atoms with Crippen LogP contribution in [0.3, 0.4) is 0 Å². The molecule has 7 nitrogen and oxygen atoms in total. The Morgan fingerprint density at radius 1 is 1.06 bits per heavy atom. The zero-order valence-corrected chi connectivity index (χ0v) is 20.9. The molecule has 0 fully saturated rings. The minimum Gasteiger partial charge on any atom is -0.466 e. The highest BCUT2D eigenvalue weighted by Crippen LogP contribution is 2.32. The molecule has 0 N–H and O–H groups in total. The van der Waals surface area contributed by atoms with Gasteiger partial charge in [-0.1, -0.05) is 44.8 Å². The van der Waals surface area contributed by atoms with Crippen molar-refractivity contribution in [3.05, 3.63) is 29.8 Å². The molecule has 170 valence electrons. The number of para-hydroxylation sites is 1. The summed E-state index contributed by atoms with van der Waals surface area (Å²) in [5.41, 5.74) is 0.830. The SMILES string of the molecule is COC(=O)[C@@H](OC(C)=O)[C@H](C)c1c([Si](C)(C)C)n(C(=O)OC(C)(C)C)c2ccccc12. The smallest absolute Gasteiger partial charge is 0.418 e. The number of esters is 2. The molecule has 0 radical (unpaired) electrons. The number of nitrogens with zero attached hydrogens (tertiary/aromatic N) is 1. The van der Waals surface area contributed by atoms with Crippen molar-refractivity contribution in [2.24, 2.45) is 0 Å². The van der Waals surface area contributed by atoms with Gasteiger partial charge < -0.3 is 14.2 Å². The van der Waals surface area contributed by atoms with E-state index in [9.17, 15) is 14.4 Å². The number of hydrogen-bond acceptors (Lipinski definition) is 6. The van der Waals surface area contributed by atoms with Crippen LogP contribution in [-0.4, -0.2) is 49.5 Å². The lowest BCUT2D eigenvalue weighted by Gasteiger charge is -2.28. The van der Waals surface area contributed by atoms with Crippen LogP contribution in [0.1, 0.15) is 46.1 Å². The van der Waals surface area contributed by atoms with E-state index in [0.29, 0.717) is 5.52 Å². The third-order valence-corrected chi connectivity index (χ3v) is 6.75. The Labute approximate surface area is 184 Å². The van der Waals surface area contributed by atoms with Gasteiger partial charge in [0, 0.05) is 23.5 Å². The Kier molecular flexibility index (Phi) is 7.05. The first kappa shape index (κ1) is 24.7. The molecular weight excluding hydrogens is 414 g/mol. The summed E-state index contributed by atoms with van der Waals surface area (Å²) in [6.07, 6.45) is -1.60. The molecule has 2 rings (SSSR count). The van der Waals surface area contributed by atoms with Crippen molar-refractivity contribution < 1.29 is 28.6 Å². The van der Waals surface area contributed by atoms with E-state index in [1.807, 2.05) is 52.0 Å². The van der Waals surface area contributed by atoms with Gasteiger partial charge >= 0.3 is 18.0 Å². The standard InChI is InChI=1S/C23H33NO6Si/c1-14(19(21(26)28-6)29-15(2)25)18-16-12-10-11-13-17(16)24(20(18)31(7,8)9)22(27)30-23(3,4)5/h10-14,19H,1-9H3/t14-,19+/m1/s1. The van der Waals surface area contributed by atoms with Gasteiger partial charge in [0.1, 0.15) is 5.60 Å². The number of hydrogen-bond donors (Lipinski definition) is 0. The first-order valence-corrected chi connectivity index (χ1v) is 13.8. The molecule has 0 spiro atoms. The lowest BCUT2D eigenvalue weighted by molar-refractivity contribution is -0.166. The maximum absolute atomic E-state index is 13.3. The molecule has 1 aromatic carbocycles. The van der Waals surface area contributed by atoms with Gasteiger partial charge in [-0.05, 0) is 32.4 Å². The van der Waals surface area contributed by atoms with Gasteiger partial charge in [-0.3, -0.25) is 9.36 Å². The van der Waals surface area contributed by atoms with Crippen molar-refractivity contribution in [1.82, 2.24) is 4.57 Å². The molecule has 8 heteroatoms. The molecule has 0 aliphatic rings. The molecule has 0 saturated carbocycles. The molecule has 0 aliphatic carbocycles. The van der Waals surface area contributed by atoms with Gasteiger partial charge in [0.2, 0.25) is 6.10 Å². The molecule has 2 atom stereocenters. The van der Waals surface area contributed by atoms with Crippen LogP contribution < -0.4 is 5.32 Å². The lowest BCUT2D eigenvalue weighted by Crippen LogP contribution is -2.49. The van der Waals surface area contributed by atoms with Crippen molar-refractivity contribution in [2.75, 3.05) is 7.11 Å². The first-order chi connectivity index (χ1) is 14.2. The first-order valence-electron chi connectivity index (χ1n) is 10.3. The van der Waals surface area contributed by atoms with Crippen molar-refractivity contribution in [1.29, 1.82) is 0 Å². The van der Waals surface area contributed by atoms with E-state index in [4.69, 9.17) is 14.2 Å². The van der Waals surface area contributed by atoms with Gasteiger partial charge in [0.05, 0.1) is 20.7 Å². The minimum atomic E-state index is -2.17. The van der Waals surface area contributed by atoms with Gasteiger partial charge in [0.15, 0.2) is 0 Å². The van der Waals surface area contributed by atoms with Crippen molar-refractivity contribution in [3.8, 4) is 0 Å². The number of carbonyl (C=O) groups is 3. The molecule has 0 unspecified atom stereocenters. The molecule has 0 bridgehead atoms. The van der Waals surface area contributed by atoms with Crippen LogP contribution in [0.15, 0.2) is 24.3 Å². The van der Waals surface area contributed by atoms with E-state index < -0.39 is 43.7 Å². The van der Waals surface area contributed by atoms with Gasteiger partial charge in [-0.2, -0.15) is 0 Å². The number of ether oxygens (including phenoxy) is 3. The summed E-state index contributed by atoms with van der Waals surface area (Å²) < 4.78 is 17.6. The summed E-state index contributed by atoms with van der Waals surface area (Å²) in [5, 5.41) is 1.65. The molecule has 2 aromatic rings. The van der Waals surface area contributed by atoms with Crippen LogP contribution in [0, 0.1) is 0 Å². The van der Waals surface area contributed by atoms with E-state index in [2.05, 4.69) is 19.6 Å². The second kappa shape index (κ2) is 8.86. The van der Waals surface area contributed by atoms with E-state index in [1.165, 1.54) is 14.0 Å². The summed E-state index contributed by atoms with van der Waals surface area (Å²) in [6.45, 7) is 14.9. The van der Waals surface area contributed by atoms with Gasteiger partial charge in [-0.25, -0.2) is 9.59 Å². The molecule has 0 aliphatic heterocycles. The fourth-order valence-corrected chi connectivity index (χ4v) is 5.82. The Bertz CT molecular complexity index is 996. The number of fused-ring (bicyclic) bond motifs is 1. The summed E-state index contributed by atoms with van der Waals surface area (Å²) in [7, 11) is -0.909. The van der Waals surface area contributed by atoms with Gasteiger partial charge in [0.25, 0.3) is 0 Å². The Morgan fingerprint density at radius 3 is 2.13 bits per heavy atom. The maximum atomic E-state index is 13.3. The summed E-state index contributed by atoms with van der Waals surface area (Å²) in [4.78, 5) is 37.5. The number of rotatable bonds is 5. The van der Waals surface area contributed by atoms with Crippen LogP contribution in [0.4, 0.5) is 4.79 Å². The van der Waals surface area contributed by atoms with E-state index in [0.717, 1.165) is 16.3 Å². The highest BCUT2D eigenvalue weighted by molar-refractivity contribution is 6.89. The highest BCUT2D eigenvalue weighted by Gasteiger charge is 2.39. The Hall–Kier alpha value is -2.61. The van der Waals surface area contributed by atoms with Crippen LogP contribution in [0.25, 0.3) is 10.9 Å². The normalized spacial score (nSPS) is 14.1. The molecule has 1 aromatic heterocycles. The fraction of sp³-hybridized carbons (Fsp3) is 0.522. The molecule has 0 saturated heterocycles. The highest BCUT2D eigenvalue weighted by atomic mass is 28.3. The average Bonchev–Trinajstić information content (AvgIpc) is 2.99. The quantitative estimate of drug-likeness (QED) is 0.388. The zero-order chi connectivity index (χ0) is 23.7. The average molecular weight is 448 g/mol. The summed E-state index contributed by atoms with van der Waals surface area (Å²) in [6, 6.07) is 7.51. The Balaban J connectivity index is 2.86. The summed E-state index contributed by atoms with van der Waals surface area (Å²) in [5.74, 6) is -1.75. The number of methoxy groups -OCH3 is 1. The van der Waals surface area contributed by atoms with E-state index in [-0.39, 0.29) is 0 Å². The van der Waals surface area contributed by atoms with E-state index >= 15 is 0 Å². The van der Waals surface area contributed by atoms with Crippen LogP contribution in [0.5, 0.6) is 0 Å². The van der Waals surface area contributed by atoms with Gasteiger partial charge in [-0.15, -0.1) is 0 Å².